The van der Waals surface area contributed by atoms with E-state index in [2.05, 4.69) is 15.2 Å². The fourth-order valence-corrected chi connectivity index (χ4v) is 3.74. The summed E-state index contributed by atoms with van der Waals surface area (Å²) < 4.78 is 10.2. The number of hydrogen-bond donors (Lipinski definition) is 1. The fraction of sp³-hybridized carbons (Fsp3) is 0.421. The zero-order valence-electron chi connectivity index (χ0n) is 15.4. The first kappa shape index (κ1) is 19.2. The van der Waals surface area contributed by atoms with Gasteiger partial charge in [0.2, 0.25) is 0 Å². The molecule has 8 heteroatoms. The lowest BCUT2D eigenvalue weighted by Crippen LogP contribution is -2.51. The standard InChI is InChI=1S/C19H23N3O4S/c1-3-25-17(23)16-13(2)21-18(27-16)22-10-15(11-22)9-20-19(24)26-12-14-7-5-4-6-8-14/h4-8,15H,3,9-12H2,1-2H3,(H,20,24). The van der Waals surface area contributed by atoms with E-state index in [4.69, 9.17) is 9.47 Å². The molecule has 27 heavy (non-hydrogen) atoms. The highest BCUT2D eigenvalue weighted by Gasteiger charge is 2.30. The van der Waals surface area contributed by atoms with Gasteiger partial charge in [0.15, 0.2) is 5.13 Å². The Bertz CT molecular complexity index is 788. The van der Waals surface area contributed by atoms with Gasteiger partial charge in [0.25, 0.3) is 0 Å². The second kappa shape index (κ2) is 8.85. The summed E-state index contributed by atoms with van der Waals surface area (Å²) in [5, 5.41) is 3.62. The lowest BCUT2D eigenvalue weighted by molar-refractivity contribution is 0.0531. The van der Waals surface area contributed by atoms with Crippen molar-refractivity contribution in [2.24, 2.45) is 5.92 Å². The van der Waals surface area contributed by atoms with Crippen LogP contribution >= 0.6 is 11.3 Å². The van der Waals surface area contributed by atoms with Crippen molar-refractivity contribution in [1.29, 1.82) is 0 Å². The SMILES string of the molecule is CCOC(=O)c1sc(N2CC(CNC(=O)OCc3ccccc3)C2)nc1C. The number of alkyl carbamates (subject to hydrolysis) is 1. The van der Waals surface area contributed by atoms with Crippen LogP contribution in [0.15, 0.2) is 30.3 Å². The highest BCUT2D eigenvalue weighted by Crippen LogP contribution is 2.31. The fourth-order valence-electron chi connectivity index (χ4n) is 2.76. The van der Waals surface area contributed by atoms with Crippen LogP contribution < -0.4 is 10.2 Å². The quantitative estimate of drug-likeness (QED) is 0.733. The molecule has 0 atom stereocenters. The summed E-state index contributed by atoms with van der Waals surface area (Å²) >= 11 is 1.35. The number of amides is 1. The molecular weight excluding hydrogens is 366 g/mol. The highest BCUT2D eigenvalue weighted by molar-refractivity contribution is 7.17. The Balaban J connectivity index is 1.39. The molecule has 0 spiro atoms. The molecule has 1 aliphatic heterocycles. The molecule has 1 N–H and O–H groups in total. The van der Waals surface area contributed by atoms with E-state index in [0.717, 1.165) is 23.8 Å². The number of aryl methyl sites for hydroxylation is 1. The number of nitrogens with zero attached hydrogens (tertiary/aromatic N) is 2. The van der Waals surface area contributed by atoms with Crippen LogP contribution in [-0.4, -0.2) is 43.3 Å². The number of ether oxygens (including phenoxy) is 2. The maximum atomic E-state index is 11.9. The normalized spacial score (nSPS) is 13.8. The Hall–Kier alpha value is -2.61. The number of benzene rings is 1. The smallest absolute Gasteiger partial charge is 0.407 e. The van der Waals surface area contributed by atoms with Crippen LogP contribution in [0.3, 0.4) is 0 Å². The van der Waals surface area contributed by atoms with Crippen molar-refractivity contribution in [3.8, 4) is 0 Å². The molecule has 0 saturated carbocycles. The third-order valence-corrected chi connectivity index (χ3v) is 5.42. The van der Waals surface area contributed by atoms with Crippen molar-refractivity contribution in [2.75, 3.05) is 31.1 Å². The minimum Gasteiger partial charge on any atom is -0.462 e. The zero-order valence-corrected chi connectivity index (χ0v) is 16.3. The maximum Gasteiger partial charge on any atom is 0.407 e. The first-order valence-electron chi connectivity index (χ1n) is 8.91. The molecule has 0 aliphatic carbocycles. The summed E-state index contributed by atoms with van der Waals surface area (Å²) in [4.78, 5) is 30.8. The summed E-state index contributed by atoms with van der Waals surface area (Å²) in [7, 11) is 0. The Morgan fingerprint density at radius 2 is 2.00 bits per heavy atom. The van der Waals surface area contributed by atoms with Crippen molar-refractivity contribution in [1.82, 2.24) is 10.3 Å². The van der Waals surface area contributed by atoms with Gasteiger partial charge in [-0.25, -0.2) is 14.6 Å². The molecule has 2 heterocycles. The van der Waals surface area contributed by atoms with Crippen LogP contribution in [0.2, 0.25) is 0 Å². The van der Waals surface area contributed by atoms with E-state index in [1.54, 1.807) is 6.92 Å². The first-order valence-corrected chi connectivity index (χ1v) is 9.72. The van der Waals surface area contributed by atoms with Crippen LogP contribution in [0.1, 0.15) is 27.9 Å². The van der Waals surface area contributed by atoms with Crippen LogP contribution in [0, 0.1) is 12.8 Å². The predicted molar refractivity (Wildman–Crippen MR) is 103 cm³/mol. The van der Waals surface area contributed by atoms with Gasteiger partial charge < -0.3 is 19.7 Å². The second-order valence-electron chi connectivity index (χ2n) is 6.35. The highest BCUT2D eigenvalue weighted by atomic mass is 32.1. The number of nitrogens with one attached hydrogen (secondary N) is 1. The van der Waals surface area contributed by atoms with E-state index in [-0.39, 0.29) is 12.6 Å². The van der Waals surface area contributed by atoms with Gasteiger partial charge in [-0.1, -0.05) is 41.7 Å². The summed E-state index contributed by atoms with van der Waals surface area (Å²) in [6.45, 7) is 6.34. The lowest BCUT2D eigenvalue weighted by atomic mass is 10.0. The molecule has 7 nitrogen and oxygen atoms in total. The van der Waals surface area contributed by atoms with Gasteiger partial charge in [-0.3, -0.25) is 0 Å². The number of carbonyl (C=O) groups is 2. The van der Waals surface area contributed by atoms with Crippen LogP contribution in [0.25, 0.3) is 0 Å². The molecule has 0 radical (unpaired) electrons. The molecule has 0 bridgehead atoms. The molecule has 0 unspecified atom stereocenters. The third-order valence-electron chi connectivity index (χ3n) is 4.22. The number of esters is 1. The molecule has 1 aliphatic rings. The number of anilines is 1. The van der Waals surface area contributed by atoms with E-state index in [1.807, 2.05) is 37.3 Å². The molecule has 144 valence electrons. The maximum absolute atomic E-state index is 11.9. The molecule has 3 rings (SSSR count). The lowest BCUT2D eigenvalue weighted by Gasteiger charge is -2.39. The Morgan fingerprint density at radius 1 is 1.26 bits per heavy atom. The van der Waals surface area contributed by atoms with Crippen molar-refractivity contribution >= 4 is 28.5 Å². The van der Waals surface area contributed by atoms with E-state index in [9.17, 15) is 9.59 Å². The summed E-state index contributed by atoms with van der Waals surface area (Å²) in [5.74, 6) is 0.0168. The van der Waals surface area contributed by atoms with E-state index in [1.165, 1.54) is 11.3 Å². The van der Waals surface area contributed by atoms with Crippen molar-refractivity contribution < 1.29 is 19.1 Å². The molecule has 1 fully saturated rings. The summed E-state index contributed by atoms with van der Waals surface area (Å²) in [5.41, 5.74) is 1.65. The molecular formula is C19H23N3O4S. The average Bonchev–Trinajstić information content (AvgIpc) is 3.01. The number of carbonyl (C=O) groups excluding carboxylic acids is 2. The van der Waals surface area contributed by atoms with E-state index >= 15 is 0 Å². The number of aromatic nitrogens is 1. The number of hydrogen-bond acceptors (Lipinski definition) is 7. The van der Waals surface area contributed by atoms with E-state index in [0.29, 0.717) is 29.6 Å². The Kier molecular flexibility index (Phi) is 6.28. The average molecular weight is 389 g/mol. The van der Waals surface area contributed by atoms with Gasteiger partial charge in [0.05, 0.1) is 12.3 Å². The van der Waals surface area contributed by atoms with Crippen LogP contribution in [0.5, 0.6) is 0 Å². The minimum atomic E-state index is -0.410. The van der Waals surface area contributed by atoms with Gasteiger partial charge in [0, 0.05) is 25.6 Å². The largest absolute Gasteiger partial charge is 0.462 e. The summed E-state index contributed by atoms with van der Waals surface area (Å²) in [6, 6.07) is 9.57. The number of thiazole rings is 1. The summed E-state index contributed by atoms with van der Waals surface area (Å²) in [6.07, 6.45) is -0.410. The topological polar surface area (TPSA) is 80.8 Å². The van der Waals surface area contributed by atoms with Crippen LogP contribution in [-0.2, 0) is 16.1 Å². The molecule has 1 saturated heterocycles. The monoisotopic (exact) mass is 389 g/mol. The second-order valence-corrected chi connectivity index (χ2v) is 7.32. The molecule has 1 aromatic carbocycles. The molecule has 1 aromatic heterocycles. The van der Waals surface area contributed by atoms with Crippen LogP contribution in [0.4, 0.5) is 9.93 Å². The van der Waals surface area contributed by atoms with E-state index < -0.39 is 6.09 Å². The van der Waals surface area contributed by atoms with Gasteiger partial charge in [-0.05, 0) is 19.4 Å². The van der Waals surface area contributed by atoms with Gasteiger partial charge in [-0.2, -0.15) is 0 Å². The van der Waals surface area contributed by atoms with Gasteiger partial charge >= 0.3 is 12.1 Å². The van der Waals surface area contributed by atoms with Crippen molar-refractivity contribution in [2.45, 2.75) is 20.5 Å². The van der Waals surface area contributed by atoms with Gasteiger partial charge in [-0.15, -0.1) is 0 Å². The third kappa shape index (κ3) is 4.97. The Labute approximate surface area is 162 Å². The molecule has 1 amide bonds. The minimum absolute atomic E-state index is 0.262. The van der Waals surface area contributed by atoms with Crippen molar-refractivity contribution in [3.63, 3.8) is 0 Å². The number of rotatable bonds is 7. The first-order chi connectivity index (χ1) is 13.1. The zero-order chi connectivity index (χ0) is 19.2. The predicted octanol–water partition coefficient (Wildman–Crippen LogP) is 2.99. The molecule has 2 aromatic rings. The van der Waals surface area contributed by atoms with Gasteiger partial charge in [0.1, 0.15) is 11.5 Å². The Morgan fingerprint density at radius 3 is 2.70 bits per heavy atom. The van der Waals surface area contributed by atoms with Crippen molar-refractivity contribution in [3.05, 3.63) is 46.5 Å².